The van der Waals surface area contributed by atoms with E-state index in [1.54, 1.807) is 13.8 Å². The Labute approximate surface area is 145 Å². The lowest BCUT2D eigenvalue weighted by Gasteiger charge is -2.27. The molecule has 2 unspecified atom stereocenters. The monoisotopic (exact) mass is 351 g/mol. The van der Waals surface area contributed by atoms with Crippen LogP contribution in [0.4, 0.5) is 9.18 Å². The smallest absolute Gasteiger partial charge is 0.416 e. The Kier molecular flexibility index (Phi) is 6.50. The molecule has 0 N–H and O–H groups in total. The van der Waals surface area contributed by atoms with Gasteiger partial charge in [0.2, 0.25) is 5.91 Å². The van der Waals surface area contributed by atoms with Crippen LogP contribution >= 0.6 is 0 Å². The molecule has 25 heavy (non-hydrogen) atoms. The quantitative estimate of drug-likeness (QED) is 0.706. The van der Waals surface area contributed by atoms with Gasteiger partial charge >= 0.3 is 12.1 Å². The molecular formula is C18H22FNO5. The third-order valence-corrected chi connectivity index (χ3v) is 4.25. The Hall–Kier alpha value is -2.44. The van der Waals surface area contributed by atoms with E-state index >= 15 is 0 Å². The highest BCUT2D eigenvalue weighted by Crippen LogP contribution is 2.23. The number of alkyl halides is 1. The van der Waals surface area contributed by atoms with E-state index in [0.717, 1.165) is 10.5 Å². The van der Waals surface area contributed by atoms with Gasteiger partial charge < -0.3 is 9.47 Å². The molecule has 0 aliphatic carbocycles. The predicted octanol–water partition coefficient (Wildman–Crippen LogP) is 2.50. The van der Waals surface area contributed by atoms with Crippen LogP contribution in [-0.4, -0.2) is 48.3 Å². The van der Waals surface area contributed by atoms with Crippen molar-refractivity contribution in [3.8, 4) is 0 Å². The zero-order valence-electron chi connectivity index (χ0n) is 14.3. The molecule has 136 valence electrons. The molecule has 0 aromatic heterocycles. The maximum atomic E-state index is 12.8. The van der Waals surface area contributed by atoms with Crippen molar-refractivity contribution in [1.82, 2.24) is 4.90 Å². The van der Waals surface area contributed by atoms with Gasteiger partial charge in [-0.25, -0.2) is 18.9 Å². The van der Waals surface area contributed by atoms with E-state index in [1.807, 2.05) is 30.3 Å². The van der Waals surface area contributed by atoms with Crippen molar-refractivity contribution in [2.24, 2.45) is 5.92 Å². The number of hydrogen-bond acceptors (Lipinski definition) is 5. The standard InChI is InChI=1S/C18H22FNO5/c1-3-15(25-16(21)10-19)12(2)17(22)20-14(11-24-18(20)23)9-13-7-5-4-6-8-13/h4-8,12,14-15H,3,9-11H2,1-2H3/t12?,14-,15?/m0/s1. The number of amides is 2. The van der Waals surface area contributed by atoms with Crippen LogP contribution in [0.2, 0.25) is 0 Å². The highest BCUT2D eigenvalue weighted by Gasteiger charge is 2.41. The van der Waals surface area contributed by atoms with Gasteiger partial charge in [0, 0.05) is 0 Å². The fraction of sp³-hybridized carbons (Fsp3) is 0.500. The van der Waals surface area contributed by atoms with Crippen LogP contribution in [0, 0.1) is 5.92 Å². The number of carbonyl (C=O) groups excluding carboxylic acids is 3. The van der Waals surface area contributed by atoms with E-state index in [2.05, 4.69) is 0 Å². The SMILES string of the molecule is CCC(OC(=O)CF)C(C)C(=O)N1C(=O)OC[C@@H]1Cc1ccccc1. The Balaban J connectivity index is 2.10. The molecule has 1 aliphatic rings. The topological polar surface area (TPSA) is 72.9 Å². The number of nitrogens with zero attached hydrogens (tertiary/aromatic N) is 1. The number of rotatable bonds is 7. The summed E-state index contributed by atoms with van der Waals surface area (Å²) >= 11 is 0. The summed E-state index contributed by atoms with van der Waals surface area (Å²) in [6.07, 6.45) is -0.678. The normalized spacial score (nSPS) is 19.2. The molecule has 1 aromatic carbocycles. The van der Waals surface area contributed by atoms with Gasteiger partial charge in [0.1, 0.15) is 12.7 Å². The third-order valence-electron chi connectivity index (χ3n) is 4.25. The molecule has 1 heterocycles. The van der Waals surface area contributed by atoms with Crippen molar-refractivity contribution >= 4 is 18.0 Å². The largest absolute Gasteiger partial charge is 0.460 e. The lowest BCUT2D eigenvalue weighted by Crippen LogP contribution is -2.46. The van der Waals surface area contributed by atoms with Crippen LogP contribution in [0.15, 0.2) is 30.3 Å². The molecule has 2 rings (SSSR count). The van der Waals surface area contributed by atoms with Crippen LogP contribution in [0.5, 0.6) is 0 Å². The number of cyclic esters (lactones) is 1. The first-order chi connectivity index (χ1) is 12.0. The second-order valence-electron chi connectivity index (χ2n) is 5.99. The van der Waals surface area contributed by atoms with E-state index in [4.69, 9.17) is 9.47 Å². The first kappa shape index (κ1) is 18.9. The summed E-state index contributed by atoms with van der Waals surface area (Å²) in [7, 11) is 0. The van der Waals surface area contributed by atoms with E-state index < -0.39 is 42.7 Å². The predicted molar refractivity (Wildman–Crippen MR) is 87.4 cm³/mol. The number of benzene rings is 1. The number of imide groups is 1. The summed E-state index contributed by atoms with van der Waals surface area (Å²) in [6.45, 7) is 2.16. The fourth-order valence-electron chi connectivity index (χ4n) is 2.88. The molecule has 1 aromatic rings. The summed E-state index contributed by atoms with van der Waals surface area (Å²) in [5.74, 6) is -2.28. The summed E-state index contributed by atoms with van der Waals surface area (Å²) in [4.78, 5) is 37.1. The van der Waals surface area contributed by atoms with Crippen molar-refractivity contribution in [2.45, 2.75) is 38.8 Å². The minimum absolute atomic E-state index is 0.118. The maximum Gasteiger partial charge on any atom is 0.416 e. The molecule has 0 spiro atoms. The van der Waals surface area contributed by atoms with Crippen LogP contribution in [-0.2, 0) is 25.5 Å². The van der Waals surface area contributed by atoms with Gasteiger partial charge in [-0.2, -0.15) is 0 Å². The van der Waals surface area contributed by atoms with Crippen molar-refractivity contribution in [3.63, 3.8) is 0 Å². The van der Waals surface area contributed by atoms with Gasteiger partial charge in [-0.15, -0.1) is 0 Å². The molecule has 2 amide bonds. The van der Waals surface area contributed by atoms with Crippen LogP contribution in [0.3, 0.4) is 0 Å². The number of halogens is 1. The van der Waals surface area contributed by atoms with Crippen molar-refractivity contribution in [3.05, 3.63) is 35.9 Å². The van der Waals surface area contributed by atoms with Crippen molar-refractivity contribution in [2.75, 3.05) is 13.3 Å². The van der Waals surface area contributed by atoms with Gasteiger partial charge in [-0.1, -0.05) is 44.2 Å². The molecule has 1 saturated heterocycles. The number of hydrogen-bond donors (Lipinski definition) is 0. The average Bonchev–Trinajstić information content (AvgIpc) is 2.99. The van der Waals surface area contributed by atoms with Gasteiger partial charge in [0.15, 0.2) is 6.67 Å². The molecule has 0 saturated carbocycles. The molecule has 1 fully saturated rings. The maximum absolute atomic E-state index is 12.8. The van der Waals surface area contributed by atoms with Crippen LogP contribution < -0.4 is 0 Å². The second kappa shape index (κ2) is 8.60. The van der Waals surface area contributed by atoms with Gasteiger partial charge in [-0.05, 0) is 18.4 Å². The Morgan fingerprint density at radius 1 is 1.36 bits per heavy atom. The summed E-state index contributed by atoms with van der Waals surface area (Å²) in [5.41, 5.74) is 0.979. The Morgan fingerprint density at radius 2 is 2.04 bits per heavy atom. The lowest BCUT2D eigenvalue weighted by atomic mass is 9.99. The van der Waals surface area contributed by atoms with E-state index in [0.29, 0.717) is 12.8 Å². The summed E-state index contributed by atoms with van der Waals surface area (Å²) in [5, 5.41) is 0. The minimum atomic E-state index is -1.25. The highest BCUT2D eigenvalue weighted by atomic mass is 19.1. The zero-order valence-corrected chi connectivity index (χ0v) is 14.3. The minimum Gasteiger partial charge on any atom is -0.460 e. The Morgan fingerprint density at radius 3 is 2.64 bits per heavy atom. The van der Waals surface area contributed by atoms with Crippen molar-refractivity contribution < 1.29 is 28.2 Å². The van der Waals surface area contributed by atoms with E-state index in [-0.39, 0.29) is 6.61 Å². The summed E-state index contributed by atoms with van der Waals surface area (Å²) < 4.78 is 22.4. The highest BCUT2D eigenvalue weighted by molar-refractivity contribution is 5.95. The number of carbonyl (C=O) groups is 3. The Bertz CT molecular complexity index is 621. The van der Waals surface area contributed by atoms with Crippen LogP contribution in [0.25, 0.3) is 0 Å². The van der Waals surface area contributed by atoms with Gasteiger partial charge in [0.25, 0.3) is 0 Å². The van der Waals surface area contributed by atoms with Crippen LogP contribution in [0.1, 0.15) is 25.8 Å². The van der Waals surface area contributed by atoms with E-state index in [9.17, 15) is 18.8 Å². The molecule has 7 heteroatoms. The van der Waals surface area contributed by atoms with E-state index in [1.165, 1.54) is 0 Å². The fourth-order valence-corrected chi connectivity index (χ4v) is 2.88. The molecule has 0 radical (unpaired) electrons. The number of esters is 1. The lowest BCUT2D eigenvalue weighted by molar-refractivity contribution is -0.156. The molecule has 1 aliphatic heterocycles. The molecule has 0 bridgehead atoms. The first-order valence-electron chi connectivity index (χ1n) is 8.27. The molecule has 6 nitrogen and oxygen atoms in total. The second-order valence-corrected chi connectivity index (χ2v) is 5.99. The molecular weight excluding hydrogens is 329 g/mol. The van der Waals surface area contributed by atoms with Crippen molar-refractivity contribution in [1.29, 1.82) is 0 Å². The number of ether oxygens (including phenoxy) is 2. The van der Waals surface area contributed by atoms with Gasteiger partial charge in [0.05, 0.1) is 12.0 Å². The average molecular weight is 351 g/mol. The summed E-state index contributed by atoms with van der Waals surface area (Å²) in [6, 6.07) is 9.05. The van der Waals surface area contributed by atoms with Gasteiger partial charge in [-0.3, -0.25) is 4.79 Å². The zero-order chi connectivity index (χ0) is 18.4. The third kappa shape index (κ3) is 4.55. The molecule has 3 atom stereocenters. The first-order valence-corrected chi connectivity index (χ1v) is 8.27.